The standard InChI is InChI=1S/C12H15NO2/c1-3-12(14)13-9-10-5-7-11(8-6-10)15-4-2/h3,5-8H,1,4,9H2,2H3,(H,13,14). The Morgan fingerprint density at radius 3 is 2.67 bits per heavy atom. The maximum atomic E-state index is 10.9. The van der Waals surface area contributed by atoms with Crippen LogP contribution in [0.25, 0.3) is 0 Å². The maximum absolute atomic E-state index is 10.9. The summed E-state index contributed by atoms with van der Waals surface area (Å²) in [4.78, 5) is 10.9. The van der Waals surface area contributed by atoms with Crippen LogP contribution in [-0.4, -0.2) is 12.5 Å². The summed E-state index contributed by atoms with van der Waals surface area (Å²) in [6, 6.07) is 7.63. The molecule has 0 aliphatic heterocycles. The van der Waals surface area contributed by atoms with Gasteiger partial charge in [-0.2, -0.15) is 0 Å². The summed E-state index contributed by atoms with van der Waals surface area (Å²) >= 11 is 0. The lowest BCUT2D eigenvalue weighted by Crippen LogP contribution is -2.19. The van der Waals surface area contributed by atoms with Gasteiger partial charge in [0.1, 0.15) is 5.75 Å². The van der Waals surface area contributed by atoms with E-state index in [4.69, 9.17) is 4.74 Å². The lowest BCUT2D eigenvalue weighted by molar-refractivity contribution is -0.116. The fourth-order valence-electron chi connectivity index (χ4n) is 1.13. The Labute approximate surface area is 89.8 Å². The first kappa shape index (κ1) is 11.3. The second kappa shape index (κ2) is 5.86. The monoisotopic (exact) mass is 205 g/mol. The van der Waals surface area contributed by atoms with Crippen LogP contribution >= 0.6 is 0 Å². The Balaban J connectivity index is 2.49. The van der Waals surface area contributed by atoms with Crippen molar-refractivity contribution in [3.8, 4) is 5.75 Å². The van der Waals surface area contributed by atoms with Crippen LogP contribution in [0.2, 0.25) is 0 Å². The number of carbonyl (C=O) groups is 1. The predicted molar refractivity (Wildman–Crippen MR) is 59.7 cm³/mol. The van der Waals surface area contributed by atoms with E-state index < -0.39 is 0 Å². The van der Waals surface area contributed by atoms with Gasteiger partial charge < -0.3 is 10.1 Å². The highest BCUT2D eigenvalue weighted by atomic mass is 16.5. The molecule has 1 amide bonds. The first-order valence-corrected chi connectivity index (χ1v) is 4.88. The van der Waals surface area contributed by atoms with Gasteiger partial charge in [0, 0.05) is 6.54 Å². The average Bonchev–Trinajstić information content (AvgIpc) is 2.28. The highest BCUT2D eigenvalue weighted by molar-refractivity contribution is 5.86. The van der Waals surface area contributed by atoms with Crippen molar-refractivity contribution in [2.45, 2.75) is 13.5 Å². The minimum atomic E-state index is -0.163. The number of hydrogen-bond donors (Lipinski definition) is 1. The molecule has 1 aromatic carbocycles. The Kier molecular flexibility index (Phi) is 4.41. The molecule has 0 saturated carbocycles. The third kappa shape index (κ3) is 3.85. The normalized spacial score (nSPS) is 9.40. The zero-order valence-corrected chi connectivity index (χ0v) is 8.82. The largest absolute Gasteiger partial charge is 0.494 e. The summed E-state index contributed by atoms with van der Waals surface area (Å²) in [5.41, 5.74) is 1.04. The molecule has 80 valence electrons. The molecular formula is C12H15NO2. The summed E-state index contributed by atoms with van der Waals surface area (Å²) in [6.45, 7) is 6.49. The molecule has 0 atom stereocenters. The second-order valence-electron chi connectivity index (χ2n) is 3.00. The zero-order chi connectivity index (χ0) is 11.1. The second-order valence-corrected chi connectivity index (χ2v) is 3.00. The summed E-state index contributed by atoms with van der Waals surface area (Å²) in [5.74, 6) is 0.681. The van der Waals surface area contributed by atoms with Gasteiger partial charge in [-0.1, -0.05) is 18.7 Å². The molecule has 0 bridgehead atoms. The van der Waals surface area contributed by atoms with Crippen LogP contribution in [0, 0.1) is 0 Å². The van der Waals surface area contributed by atoms with E-state index >= 15 is 0 Å². The fourth-order valence-corrected chi connectivity index (χ4v) is 1.13. The van der Waals surface area contributed by atoms with Gasteiger partial charge in [-0.3, -0.25) is 4.79 Å². The van der Waals surface area contributed by atoms with Crippen molar-refractivity contribution >= 4 is 5.91 Å². The van der Waals surface area contributed by atoms with E-state index in [0.717, 1.165) is 11.3 Å². The molecule has 1 rings (SSSR count). The van der Waals surface area contributed by atoms with Gasteiger partial charge in [0.15, 0.2) is 0 Å². The quantitative estimate of drug-likeness (QED) is 0.745. The molecule has 3 heteroatoms. The van der Waals surface area contributed by atoms with Gasteiger partial charge in [-0.25, -0.2) is 0 Å². The highest BCUT2D eigenvalue weighted by Crippen LogP contribution is 2.11. The Hall–Kier alpha value is -1.77. The minimum absolute atomic E-state index is 0.163. The van der Waals surface area contributed by atoms with E-state index in [9.17, 15) is 4.79 Å². The number of ether oxygens (including phenoxy) is 1. The van der Waals surface area contributed by atoms with Gasteiger partial charge in [-0.05, 0) is 30.7 Å². The number of rotatable bonds is 5. The van der Waals surface area contributed by atoms with Crippen molar-refractivity contribution < 1.29 is 9.53 Å². The van der Waals surface area contributed by atoms with Crippen LogP contribution in [-0.2, 0) is 11.3 Å². The van der Waals surface area contributed by atoms with Crippen molar-refractivity contribution in [2.75, 3.05) is 6.61 Å². The van der Waals surface area contributed by atoms with Crippen LogP contribution in [0.15, 0.2) is 36.9 Å². The maximum Gasteiger partial charge on any atom is 0.243 e. The van der Waals surface area contributed by atoms with E-state index in [1.807, 2.05) is 31.2 Å². The molecule has 1 aromatic rings. The van der Waals surface area contributed by atoms with Crippen LogP contribution < -0.4 is 10.1 Å². The molecule has 0 unspecified atom stereocenters. The number of nitrogens with one attached hydrogen (secondary N) is 1. The third-order valence-electron chi connectivity index (χ3n) is 1.89. The van der Waals surface area contributed by atoms with Crippen molar-refractivity contribution in [2.24, 2.45) is 0 Å². The third-order valence-corrected chi connectivity index (χ3v) is 1.89. The molecule has 0 heterocycles. The first-order valence-electron chi connectivity index (χ1n) is 4.88. The van der Waals surface area contributed by atoms with Crippen molar-refractivity contribution in [1.82, 2.24) is 5.32 Å². The zero-order valence-electron chi connectivity index (χ0n) is 8.82. The van der Waals surface area contributed by atoms with Crippen LogP contribution in [0.1, 0.15) is 12.5 Å². The SMILES string of the molecule is C=CC(=O)NCc1ccc(OCC)cc1. The molecule has 0 radical (unpaired) electrons. The lowest BCUT2D eigenvalue weighted by Gasteiger charge is -2.05. The summed E-state index contributed by atoms with van der Waals surface area (Å²) < 4.78 is 5.30. The van der Waals surface area contributed by atoms with Crippen molar-refractivity contribution in [1.29, 1.82) is 0 Å². The molecule has 0 aliphatic rings. The van der Waals surface area contributed by atoms with E-state index in [-0.39, 0.29) is 5.91 Å². The van der Waals surface area contributed by atoms with E-state index in [1.165, 1.54) is 6.08 Å². The lowest BCUT2D eigenvalue weighted by atomic mass is 10.2. The van der Waals surface area contributed by atoms with Crippen molar-refractivity contribution in [3.05, 3.63) is 42.5 Å². The number of amides is 1. The average molecular weight is 205 g/mol. The Morgan fingerprint density at radius 2 is 2.13 bits per heavy atom. The molecule has 0 spiro atoms. The molecular weight excluding hydrogens is 190 g/mol. The van der Waals surface area contributed by atoms with Gasteiger partial charge in [0.2, 0.25) is 5.91 Å². The molecule has 0 fully saturated rings. The molecule has 1 N–H and O–H groups in total. The summed E-state index contributed by atoms with van der Waals surface area (Å²) in [5, 5.41) is 2.70. The van der Waals surface area contributed by atoms with Gasteiger partial charge in [0.25, 0.3) is 0 Å². The topological polar surface area (TPSA) is 38.3 Å². The van der Waals surface area contributed by atoms with E-state index in [0.29, 0.717) is 13.2 Å². The molecule has 0 aliphatic carbocycles. The van der Waals surface area contributed by atoms with E-state index in [2.05, 4.69) is 11.9 Å². The molecule has 0 aromatic heterocycles. The minimum Gasteiger partial charge on any atom is -0.494 e. The van der Waals surface area contributed by atoms with Crippen LogP contribution in [0.5, 0.6) is 5.75 Å². The van der Waals surface area contributed by atoms with Gasteiger partial charge in [0.05, 0.1) is 6.61 Å². The Bertz CT molecular complexity index is 330. The number of benzene rings is 1. The van der Waals surface area contributed by atoms with Crippen molar-refractivity contribution in [3.63, 3.8) is 0 Å². The molecule has 15 heavy (non-hydrogen) atoms. The number of hydrogen-bond acceptors (Lipinski definition) is 2. The first-order chi connectivity index (χ1) is 7.26. The predicted octanol–water partition coefficient (Wildman–Crippen LogP) is 1.89. The molecule has 0 saturated heterocycles. The van der Waals surface area contributed by atoms with Gasteiger partial charge >= 0.3 is 0 Å². The number of carbonyl (C=O) groups excluding carboxylic acids is 1. The summed E-state index contributed by atoms with van der Waals surface area (Å²) in [6.07, 6.45) is 1.26. The summed E-state index contributed by atoms with van der Waals surface area (Å²) in [7, 11) is 0. The van der Waals surface area contributed by atoms with Crippen LogP contribution in [0.3, 0.4) is 0 Å². The highest BCUT2D eigenvalue weighted by Gasteiger charge is 1.96. The smallest absolute Gasteiger partial charge is 0.243 e. The fraction of sp³-hybridized carbons (Fsp3) is 0.250. The Morgan fingerprint density at radius 1 is 1.47 bits per heavy atom. The van der Waals surface area contributed by atoms with E-state index in [1.54, 1.807) is 0 Å². The molecule has 3 nitrogen and oxygen atoms in total. The van der Waals surface area contributed by atoms with Crippen LogP contribution in [0.4, 0.5) is 0 Å². The van der Waals surface area contributed by atoms with Gasteiger partial charge in [-0.15, -0.1) is 0 Å².